The molecule has 0 spiro atoms. The summed E-state index contributed by atoms with van der Waals surface area (Å²) in [5, 5.41) is 20.7. The number of carbonyl (C=O) groups excluding carboxylic acids is 1. The standard InChI is InChI=1S/C28H23F4N7O/c1-15(2)12-34-24-8-16(19-7-17(11-33)23(29)10-20(19)26-37-35-14-38(26)3)9-25(36-24)39-13-21-18(27(39)40)5-4-6-22(21)28(30,31)32/h4-10,14-15H,12-13H2,1-3H3,(H,34,36). The van der Waals surface area contributed by atoms with Crippen LogP contribution < -0.4 is 10.2 Å². The van der Waals surface area contributed by atoms with Gasteiger partial charge in [0.1, 0.15) is 29.8 Å². The number of hydrogen-bond acceptors (Lipinski definition) is 6. The van der Waals surface area contributed by atoms with Crippen LogP contribution in [0.1, 0.15) is 40.9 Å². The van der Waals surface area contributed by atoms with Crippen LogP contribution in [0.4, 0.5) is 29.2 Å². The molecule has 1 amide bonds. The van der Waals surface area contributed by atoms with Gasteiger partial charge in [-0.15, -0.1) is 10.2 Å². The lowest BCUT2D eigenvalue weighted by atomic mass is 9.96. The Bertz CT molecular complexity index is 1670. The lowest BCUT2D eigenvalue weighted by molar-refractivity contribution is -0.138. The second kappa shape index (κ2) is 10.1. The Balaban J connectivity index is 1.69. The number of alkyl halides is 3. The largest absolute Gasteiger partial charge is 0.416 e. The highest BCUT2D eigenvalue weighted by molar-refractivity contribution is 6.10. The van der Waals surface area contributed by atoms with Crippen molar-refractivity contribution in [3.8, 4) is 28.6 Å². The first-order valence-electron chi connectivity index (χ1n) is 12.3. The molecule has 0 aliphatic carbocycles. The Morgan fingerprint density at radius 1 is 1.12 bits per heavy atom. The fourth-order valence-corrected chi connectivity index (χ4v) is 4.60. The van der Waals surface area contributed by atoms with E-state index in [1.807, 2.05) is 19.9 Å². The molecule has 3 heterocycles. The molecule has 5 rings (SSSR count). The van der Waals surface area contributed by atoms with E-state index in [0.717, 1.165) is 6.07 Å². The van der Waals surface area contributed by atoms with Crippen molar-refractivity contribution in [2.75, 3.05) is 16.8 Å². The third-order valence-corrected chi connectivity index (χ3v) is 6.54. The van der Waals surface area contributed by atoms with Crippen LogP contribution in [0.5, 0.6) is 0 Å². The number of aromatic nitrogens is 4. The molecular weight excluding hydrogens is 526 g/mol. The van der Waals surface area contributed by atoms with Gasteiger partial charge in [0.15, 0.2) is 5.82 Å². The smallest absolute Gasteiger partial charge is 0.370 e. The number of hydrogen-bond donors (Lipinski definition) is 1. The van der Waals surface area contributed by atoms with Crippen molar-refractivity contribution < 1.29 is 22.4 Å². The zero-order valence-corrected chi connectivity index (χ0v) is 21.7. The molecule has 2 aromatic carbocycles. The average molecular weight is 550 g/mol. The van der Waals surface area contributed by atoms with Gasteiger partial charge in [0.25, 0.3) is 5.91 Å². The van der Waals surface area contributed by atoms with Crippen molar-refractivity contribution in [3.63, 3.8) is 0 Å². The van der Waals surface area contributed by atoms with Crippen LogP contribution in [0.2, 0.25) is 0 Å². The van der Waals surface area contributed by atoms with Crippen LogP contribution in [0.3, 0.4) is 0 Å². The molecule has 0 atom stereocenters. The van der Waals surface area contributed by atoms with E-state index in [-0.39, 0.29) is 35.0 Å². The molecule has 0 saturated carbocycles. The van der Waals surface area contributed by atoms with Gasteiger partial charge in [0, 0.05) is 24.7 Å². The van der Waals surface area contributed by atoms with E-state index in [1.165, 1.54) is 41.6 Å². The molecule has 0 unspecified atom stereocenters. The van der Waals surface area contributed by atoms with Crippen molar-refractivity contribution in [1.29, 1.82) is 5.26 Å². The third kappa shape index (κ3) is 4.86. The van der Waals surface area contributed by atoms with Crippen LogP contribution in [-0.4, -0.2) is 32.2 Å². The lowest BCUT2D eigenvalue weighted by Gasteiger charge is -2.20. The monoisotopic (exact) mass is 549 g/mol. The maximum absolute atomic E-state index is 14.8. The summed E-state index contributed by atoms with van der Waals surface area (Å²) in [5.74, 6) is -0.357. The van der Waals surface area contributed by atoms with Gasteiger partial charge in [-0.3, -0.25) is 9.69 Å². The number of fused-ring (bicyclic) bond motifs is 1. The number of amides is 1. The fourth-order valence-electron chi connectivity index (χ4n) is 4.60. The molecule has 40 heavy (non-hydrogen) atoms. The first kappa shape index (κ1) is 26.8. The highest BCUT2D eigenvalue weighted by Crippen LogP contribution is 2.40. The number of nitrogens with zero attached hydrogens (tertiary/aromatic N) is 6. The molecule has 1 aliphatic heterocycles. The van der Waals surface area contributed by atoms with Crippen LogP contribution in [0, 0.1) is 23.1 Å². The Labute approximate surface area is 226 Å². The molecule has 204 valence electrons. The minimum Gasteiger partial charge on any atom is -0.370 e. The Morgan fingerprint density at radius 3 is 2.55 bits per heavy atom. The van der Waals surface area contributed by atoms with Gasteiger partial charge in [0.05, 0.1) is 17.7 Å². The summed E-state index contributed by atoms with van der Waals surface area (Å²) in [7, 11) is 1.68. The molecule has 12 heteroatoms. The van der Waals surface area contributed by atoms with Gasteiger partial charge in [0.2, 0.25) is 0 Å². The molecule has 2 aromatic heterocycles. The summed E-state index contributed by atoms with van der Waals surface area (Å²) in [4.78, 5) is 19.1. The molecular formula is C28H23F4N7O. The fraction of sp³-hybridized carbons (Fsp3) is 0.250. The molecule has 0 radical (unpaired) electrons. The average Bonchev–Trinajstić information content (AvgIpc) is 3.49. The zero-order valence-electron chi connectivity index (χ0n) is 21.7. The van der Waals surface area contributed by atoms with Crippen LogP contribution >= 0.6 is 0 Å². The summed E-state index contributed by atoms with van der Waals surface area (Å²) in [6.07, 6.45) is -3.19. The first-order valence-corrected chi connectivity index (χ1v) is 12.3. The summed E-state index contributed by atoms with van der Waals surface area (Å²) >= 11 is 0. The molecule has 1 N–H and O–H groups in total. The number of nitriles is 1. The van der Waals surface area contributed by atoms with E-state index >= 15 is 0 Å². The van der Waals surface area contributed by atoms with Gasteiger partial charge < -0.3 is 9.88 Å². The molecule has 4 aromatic rings. The van der Waals surface area contributed by atoms with E-state index in [2.05, 4.69) is 20.5 Å². The predicted molar refractivity (Wildman–Crippen MR) is 140 cm³/mol. The van der Waals surface area contributed by atoms with Crippen LogP contribution in [-0.2, 0) is 19.8 Å². The van der Waals surface area contributed by atoms with E-state index in [9.17, 15) is 27.6 Å². The minimum atomic E-state index is -4.63. The SMILES string of the molecule is CC(C)CNc1cc(-c2cc(C#N)c(F)cc2-c2nncn2C)cc(N2Cc3c(cccc3C(F)(F)F)C2=O)n1. The number of aryl methyl sites for hydroxylation is 1. The van der Waals surface area contributed by atoms with E-state index in [4.69, 9.17) is 0 Å². The van der Waals surface area contributed by atoms with E-state index in [1.54, 1.807) is 17.7 Å². The summed E-state index contributed by atoms with van der Waals surface area (Å²) < 4.78 is 57.5. The highest BCUT2D eigenvalue weighted by Gasteiger charge is 2.40. The molecule has 1 aliphatic rings. The van der Waals surface area contributed by atoms with Crippen LogP contribution in [0.15, 0.2) is 48.8 Å². The number of carbonyl (C=O) groups is 1. The van der Waals surface area contributed by atoms with Gasteiger partial charge in [-0.1, -0.05) is 19.9 Å². The van der Waals surface area contributed by atoms with Crippen molar-refractivity contribution in [2.45, 2.75) is 26.6 Å². The van der Waals surface area contributed by atoms with Crippen molar-refractivity contribution in [3.05, 3.63) is 76.9 Å². The first-order chi connectivity index (χ1) is 19.0. The van der Waals surface area contributed by atoms with E-state index in [0.29, 0.717) is 34.9 Å². The quantitative estimate of drug-likeness (QED) is 0.305. The summed E-state index contributed by atoms with van der Waals surface area (Å²) in [5.41, 5.74) is -0.0773. The maximum atomic E-state index is 14.8. The molecule has 0 saturated heterocycles. The van der Waals surface area contributed by atoms with Crippen molar-refractivity contribution >= 4 is 17.5 Å². The predicted octanol–water partition coefficient (Wildman–Crippen LogP) is 5.80. The van der Waals surface area contributed by atoms with Crippen LogP contribution in [0.25, 0.3) is 22.5 Å². The molecule has 8 nitrogen and oxygen atoms in total. The Morgan fingerprint density at radius 2 is 1.90 bits per heavy atom. The topological polar surface area (TPSA) is 99.7 Å². The summed E-state index contributed by atoms with van der Waals surface area (Å²) in [6.45, 7) is 4.17. The number of anilines is 2. The van der Waals surface area contributed by atoms with E-state index < -0.39 is 23.5 Å². The molecule has 0 bridgehead atoms. The number of halogens is 4. The van der Waals surface area contributed by atoms with Crippen molar-refractivity contribution in [1.82, 2.24) is 19.7 Å². The highest BCUT2D eigenvalue weighted by atomic mass is 19.4. The second-order valence-electron chi connectivity index (χ2n) is 9.85. The van der Waals surface area contributed by atoms with Gasteiger partial charge >= 0.3 is 6.18 Å². The van der Waals surface area contributed by atoms with Gasteiger partial charge in [-0.25, -0.2) is 9.37 Å². The van der Waals surface area contributed by atoms with Gasteiger partial charge in [-0.05, 0) is 59.0 Å². The number of rotatable bonds is 6. The minimum absolute atomic E-state index is 0.0490. The number of pyridine rings is 1. The normalized spacial score (nSPS) is 13.1. The Hall–Kier alpha value is -4.79. The van der Waals surface area contributed by atoms with Crippen molar-refractivity contribution in [2.24, 2.45) is 13.0 Å². The number of benzene rings is 2. The summed E-state index contributed by atoms with van der Waals surface area (Å²) in [6, 6.07) is 11.1. The Kier molecular flexibility index (Phi) is 6.75. The number of nitrogens with one attached hydrogen (secondary N) is 1. The zero-order chi connectivity index (χ0) is 28.8. The second-order valence-corrected chi connectivity index (χ2v) is 9.85. The lowest BCUT2D eigenvalue weighted by Crippen LogP contribution is -2.24. The maximum Gasteiger partial charge on any atom is 0.416 e. The molecule has 0 fully saturated rings. The van der Waals surface area contributed by atoms with Gasteiger partial charge in [-0.2, -0.15) is 18.4 Å². The third-order valence-electron chi connectivity index (χ3n) is 6.54.